The zero-order valence-corrected chi connectivity index (χ0v) is 12.8. The molecule has 5 rings (SSSR count). The predicted molar refractivity (Wildman–Crippen MR) is 86.0 cm³/mol. The molecule has 116 valence electrons. The van der Waals surface area contributed by atoms with E-state index in [0.29, 0.717) is 5.92 Å². The van der Waals surface area contributed by atoms with Crippen LogP contribution in [0.15, 0.2) is 36.4 Å². The van der Waals surface area contributed by atoms with Crippen LogP contribution in [0.5, 0.6) is 0 Å². The van der Waals surface area contributed by atoms with Gasteiger partial charge in [0.25, 0.3) is 0 Å². The van der Waals surface area contributed by atoms with E-state index in [2.05, 4.69) is 24.3 Å². The molecule has 3 aliphatic rings. The second-order valence-corrected chi connectivity index (χ2v) is 7.09. The van der Waals surface area contributed by atoms with Crippen molar-refractivity contribution in [2.24, 2.45) is 11.8 Å². The molecule has 0 amide bonds. The average Bonchev–Trinajstić information content (AvgIpc) is 2.89. The molecule has 0 N–H and O–H groups in total. The molecule has 0 radical (unpaired) electrons. The summed E-state index contributed by atoms with van der Waals surface area (Å²) in [6.07, 6.45) is 4.49. The van der Waals surface area contributed by atoms with E-state index in [0.717, 1.165) is 35.6 Å². The van der Waals surface area contributed by atoms with Gasteiger partial charge >= 0.3 is 11.9 Å². The number of esters is 2. The van der Waals surface area contributed by atoms with Crippen molar-refractivity contribution in [2.45, 2.75) is 37.5 Å². The molecule has 0 bridgehead atoms. The van der Waals surface area contributed by atoms with Gasteiger partial charge in [-0.25, -0.2) is 0 Å². The number of rotatable bonds is 0. The van der Waals surface area contributed by atoms with Crippen molar-refractivity contribution in [3.63, 3.8) is 0 Å². The van der Waals surface area contributed by atoms with E-state index >= 15 is 0 Å². The van der Waals surface area contributed by atoms with Crippen LogP contribution in [0.4, 0.5) is 0 Å². The first-order chi connectivity index (χ1) is 11.3. The Morgan fingerprint density at radius 2 is 1.74 bits per heavy atom. The Morgan fingerprint density at radius 3 is 2.65 bits per heavy atom. The molecular formula is C20H18O3. The fourth-order valence-corrected chi connectivity index (χ4v) is 5.19. The van der Waals surface area contributed by atoms with Crippen LogP contribution >= 0.6 is 0 Å². The van der Waals surface area contributed by atoms with E-state index in [1.165, 1.54) is 12.0 Å². The zero-order valence-electron chi connectivity index (χ0n) is 12.8. The standard InChI is InChI=1S/C20H18O3/c21-19-17-14-8-4-3-7-13(14)15-10-9-11-5-1-2-6-12(11)16(15)18(17)20(22)23-19/h1-2,5-6,9-10,13-14,17-18H,3-4,7-8H2/t13-,14-,17-,18-/m0/s1. The highest BCUT2D eigenvalue weighted by atomic mass is 16.6. The number of hydrogen-bond donors (Lipinski definition) is 0. The smallest absolute Gasteiger partial charge is 0.321 e. The zero-order chi connectivity index (χ0) is 15.6. The molecule has 4 atom stereocenters. The van der Waals surface area contributed by atoms with Gasteiger partial charge in [-0.3, -0.25) is 9.59 Å². The van der Waals surface area contributed by atoms with Gasteiger partial charge in [-0.15, -0.1) is 0 Å². The number of fused-ring (bicyclic) bond motifs is 8. The maximum absolute atomic E-state index is 12.5. The lowest BCUT2D eigenvalue weighted by Gasteiger charge is -2.42. The average molecular weight is 306 g/mol. The first-order valence-corrected chi connectivity index (χ1v) is 8.53. The third kappa shape index (κ3) is 1.71. The summed E-state index contributed by atoms with van der Waals surface area (Å²) in [5, 5.41) is 2.24. The van der Waals surface area contributed by atoms with E-state index < -0.39 is 5.92 Å². The minimum Gasteiger partial charge on any atom is -0.392 e. The van der Waals surface area contributed by atoms with Gasteiger partial charge in [0, 0.05) is 0 Å². The maximum Gasteiger partial charge on any atom is 0.321 e. The Balaban J connectivity index is 1.83. The van der Waals surface area contributed by atoms with Gasteiger partial charge in [-0.2, -0.15) is 0 Å². The lowest BCUT2D eigenvalue weighted by atomic mass is 9.59. The van der Waals surface area contributed by atoms with E-state index in [1.54, 1.807) is 0 Å². The maximum atomic E-state index is 12.5. The van der Waals surface area contributed by atoms with Crippen LogP contribution in [-0.2, 0) is 14.3 Å². The highest BCUT2D eigenvalue weighted by Crippen LogP contribution is 2.56. The third-order valence-electron chi connectivity index (χ3n) is 6.08. The molecule has 2 fully saturated rings. The summed E-state index contributed by atoms with van der Waals surface area (Å²) < 4.78 is 5.09. The van der Waals surface area contributed by atoms with Crippen LogP contribution in [0, 0.1) is 11.8 Å². The SMILES string of the molecule is O=C1OC(=O)[C@H]2c3c(ccc4ccccc34)[C@H]3CCCC[C@@H]3[C@H]12. The molecule has 3 heteroatoms. The molecule has 1 saturated heterocycles. The van der Waals surface area contributed by atoms with Crippen LogP contribution in [0.3, 0.4) is 0 Å². The quantitative estimate of drug-likeness (QED) is 0.547. The Kier molecular flexibility index (Phi) is 2.70. The van der Waals surface area contributed by atoms with Gasteiger partial charge in [-0.05, 0) is 46.6 Å². The van der Waals surface area contributed by atoms with E-state index in [1.807, 2.05) is 12.1 Å². The van der Waals surface area contributed by atoms with Gasteiger partial charge in [0.1, 0.15) is 0 Å². The number of hydrogen-bond acceptors (Lipinski definition) is 3. The van der Waals surface area contributed by atoms with Crippen molar-refractivity contribution < 1.29 is 14.3 Å². The lowest BCUT2D eigenvalue weighted by Crippen LogP contribution is -2.37. The number of benzene rings is 2. The first-order valence-electron chi connectivity index (χ1n) is 8.53. The Bertz CT molecular complexity index is 838. The van der Waals surface area contributed by atoms with E-state index in [4.69, 9.17) is 4.74 Å². The summed E-state index contributed by atoms with van der Waals surface area (Å²) >= 11 is 0. The van der Waals surface area contributed by atoms with Crippen LogP contribution in [-0.4, -0.2) is 11.9 Å². The van der Waals surface area contributed by atoms with E-state index in [9.17, 15) is 9.59 Å². The predicted octanol–water partition coefficient (Wildman–Crippen LogP) is 3.91. The second-order valence-electron chi connectivity index (χ2n) is 7.09. The topological polar surface area (TPSA) is 43.4 Å². The first kappa shape index (κ1) is 13.3. The van der Waals surface area contributed by atoms with Crippen LogP contribution in [0.25, 0.3) is 10.8 Å². The number of carbonyl (C=O) groups is 2. The largest absolute Gasteiger partial charge is 0.392 e. The molecule has 3 nitrogen and oxygen atoms in total. The Hall–Kier alpha value is -2.16. The minimum atomic E-state index is -0.400. The summed E-state index contributed by atoms with van der Waals surface area (Å²) in [5.74, 6) is -0.657. The van der Waals surface area contributed by atoms with Crippen molar-refractivity contribution in [2.75, 3.05) is 0 Å². The molecule has 2 aromatic rings. The second kappa shape index (κ2) is 4.67. The van der Waals surface area contributed by atoms with Crippen molar-refractivity contribution in [3.8, 4) is 0 Å². The number of cyclic esters (lactones) is 2. The molecule has 2 aromatic carbocycles. The Morgan fingerprint density at radius 1 is 0.913 bits per heavy atom. The van der Waals surface area contributed by atoms with Gasteiger partial charge in [0.15, 0.2) is 0 Å². The van der Waals surface area contributed by atoms with Crippen molar-refractivity contribution in [1.82, 2.24) is 0 Å². The molecule has 1 saturated carbocycles. The Labute approximate surface area is 134 Å². The fourth-order valence-electron chi connectivity index (χ4n) is 5.19. The molecule has 0 spiro atoms. The highest BCUT2D eigenvalue weighted by Gasteiger charge is 2.55. The van der Waals surface area contributed by atoms with E-state index in [-0.39, 0.29) is 23.8 Å². The molecule has 0 aromatic heterocycles. The number of ether oxygens (including phenoxy) is 1. The van der Waals surface area contributed by atoms with Crippen LogP contribution in [0.1, 0.15) is 48.6 Å². The van der Waals surface area contributed by atoms with Gasteiger partial charge in [0.2, 0.25) is 0 Å². The van der Waals surface area contributed by atoms with Crippen molar-refractivity contribution in [3.05, 3.63) is 47.5 Å². The van der Waals surface area contributed by atoms with Gasteiger partial charge < -0.3 is 4.74 Å². The minimum absolute atomic E-state index is 0.265. The summed E-state index contributed by atoms with van der Waals surface area (Å²) in [6.45, 7) is 0. The third-order valence-corrected chi connectivity index (χ3v) is 6.08. The molecule has 23 heavy (non-hydrogen) atoms. The highest BCUT2D eigenvalue weighted by molar-refractivity contribution is 6.04. The van der Waals surface area contributed by atoms with Gasteiger partial charge in [-0.1, -0.05) is 49.2 Å². The normalized spacial score (nSPS) is 32.2. The lowest BCUT2D eigenvalue weighted by molar-refractivity contribution is -0.153. The van der Waals surface area contributed by atoms with Crippen molar-refractivity contribution >= 4 is 22.7 Å². The summed E-state index contributed by atoms with van der Waals surface area (Å²) in [6, 6.07) is 12.5. The molecule has 1 aliphatic heterocycles. The molecule has 0 unspecified atom stereocenters. The van der Waals surface area contributed by atoms with Crippen LogP contribution in [0.2, 0.25) is 0 Å². The molecule has 1 heterocycles. The van der Waals surface area contributed by atoms with Crippen molar-refractivity contribution in [1.29, 1.82) is 0 Å². The summed E-state index contributed by atoms with van der Waals surface area (Å²) in [7, 11) is 0. The molecular weight excluding hydrogens is 288 g/mol. The summed E-state index contributed by atoms with van der Waals surface area (Å²) in [4.78, 5) is 24.8. The number of carbonyl (C=O) groups excluding carboxylic acids is 2. The summed E-state index contributed by atoms with van der Waals surface area (Å²) in [5.41, 5.74) is 2.34. The monoisotopic (exact) mass is 306 g/mol. The fraction of sp³-hybridized carbons (Fsp3) is 0.400. The van der Waals surface area contributed by atoms with Gasteiger partial charge in [0.05, 0.1) is 11.8 Å². The molecule has 2 aliphatic carbocycles. The van der Waals surface area contributed by atoms with Crippen LogP contribution < -0.4 is 0 Å².